The fourth-order valence-electron chi connectivity index (χ4n) is 6.13. The van der Waals surface area contributed by atoms with Crippen molar-refractivity contribution in [3.05, 3.63) is 0 Å². The fourth-order valence-corrected chi connectivity index (χ4v) is 7.65. The molecule has 0 amide bonds. The summed E-state index contributed by atoms with van der Waals surface area (Å²) in [6.07, 6.45) is 9.90. The van der Waals surface area contributed by atoms with E-state index in [0.717, 1.165) is 38.3 Å². The van der Waals surface area contributed by atoms with E-state index in [1.54, 1.807) is 0 Å². The van der Waals surface area contributed by atoms with Gasteiger partial charge in [-0.3, -0.25) is 4.90 Å². The van der Waals surface area contributed by atoms with E-state index in [4.69, 9.17) is 4.74 Å². The number of likely N-dealkylation sites (tertiary alicyclic amines) is 1. The van der Waals surface area contributed by atoms with E-state index in [-0.39, 0.29) is 11.7 Å². The SMILES string of the molecule is O=S(=O)(CC1CCCC1)NC[C@H]1[C@H]2CN(CC3CC3)C[C@]23CC[C@H]1O3. The highest BCUT2D eigenvalue weighted by Gasteiger charge is 2.62. The summed E-state index contributed by atoms with van der Waals surface area (Å²) >= 11 is 0. The Hall–Kier alpha value is -0.170. The van der Waals surface area contributed by atoms with Gasteiger partial charge in [-0.1, -0.05) is 12.8 Å². The molecule has 5 aliphatic rings. The van der Waals surface area contributed by atoms with Gasteiger partial charge in [-0.05, 0) is 50.4 Å². The van der Waals surface area contributed by atoms with Crippen molar-refractivity contribution in [3.8, 4) is 0 Å². The normalized spacial score (nSPS) is 41.7. The smallest absolute Gasteiger partial charge is 0.211 e. The predicted octanol–water partition coefficient (Wildman–Crippen LogP) is 1.99. The van der Waals surface area contributed by atoms with Crippen molar-refractivity contribution < 1.29 is 13.2 Å². The van der Waals surface area contributed by atoms with Gasteiger partial charge >= 0.3 is 0 Å². The first kappa shape index (κ1) is 17.0. The van der Waals surface area contributed by atoms with Crippen molar-refractivity contribution in [3.63, 3.8) is 0 Å². The van der Waals surface area contributed by atoms with Gasteiger partial charge in [0.05, 0.1) is 17.5 Å². The number of nitrogens with one attached hydrogen (secondary N) is 1. The second-order valence-electron chi connectivity index (χ2n) is 9.45. The van der Waals surface area contributed by atoms with Gasteiger partial charge in [-0.25, -0.2) is 13.1 Å². The van der Waals surface area contributed by atoms with Gasteiger partial charge in [-0.2, -0.15) is 0 Å². The molecule has 2 bridgehead atoms. The molecule has 3 heterocycles. The van der Waals surface area contributed by atoms with Gasteiger partial charge in [0.15, 0.2) is 0 Å². The van der Waals surface area contributed by atoms with E-state index in [2.05, 4.69) is 9.62 Å². The van der Waals surface area contributed by atoms with Crippen LogP contribution in [0.2, 0.25) is 0 Å². The van der Waals surface area contributed by atoms with Gasteiger partial charge in [-0.15, -0.1) is 0 Å². The molecule has 25 heavy (non-hydrogen) atoms. The maximum absolute atomic E-state index is 12.5. The van der Waals surface area contributed by atoms with Crippen LogP contribution in [0.4, 0.5) is 0 Å². The molecular weight excluding hydrogens is 336 g/mol. The summed E-state index contributed by atoms with van der Waals surface area (Å²) in [7, 11) is -3.14. The van der Waals surface area contributed by atoms with Crippen LogP contribution in [0.25, 0.3) is 0 Å². The first-order valence-corrected chi connectivity index (χ1v) is 12.1. The number of ether oxygens (including phenoxy) is 1. The zero-order chi connectivity index (χ0) is 17.1. The van der Waals surface area contributed by atoms with E-state index in [1.165, 1.54) is 38.6 Å². The van der Waals surface area contributed by atoms with Gasteiger partial charge in [0.1, 0.15) is 0 Å². The van der Waals surface area contributed by atoms with Crippen molar-refractivity contribution in [2.45, 2.75) is 63.1 Å². The van der Waals surface area contributed by atoms with Crippen LogP contribution in [-0.2, 0) is 14.8 Å². The predicted molar refractivity (Wildman–Crippen MR) is 96.7 cm³/mol. The zero-order valence-corrected chi connectivity index (χ0v) is 16.0. The van der Waals surface area contributed by atoms with Crippen LogP contribution < -0.4 is 4.72 Å². The molecule has 0 aromatic heterocycles. The number of sulfonamides is 1. The molecular formula is C19H32N2O3S. The highest BCUT2D eigenvalue weighted by atomic mass is 32.2. The molecule has 4 atom stereocenters. The maximum atomic E-state index is 12.5. The van der Waals surface area contributed by atoms with Crippen molar-refractivity contribution in [2.75, 3.05) is 31.9 Å². The van der Waals surface area contributed by atoms with Gasteiger partial charge < -0.3 is 4.74 Å². The highest BCUT2D eigenvalue weighted by Crippen LogP contribution is 2.55. The standard InChI is InChI=1S/C19H32N2O3S/c22-25(23,12-15-3-1-2-4-15)20-9-16-17-11-21(10-14-5-6-14)13-19(17)8-7-18(16)24-19/h14-18,20H,1-13H2/t16-,17+,18+,19+/m0/s1. The van der Waals surface area contributed by atoms with Gasteiger partial charge in [0.25, 0.3) is 0 Å². The quantitative estimate of drug-likeness (QED) is 0.747. The summed E-state index contributed by atoms with van der Waals surface area (Å²) < 4.78 is 34.4. The third-order valence-corrected chi connectivity index (χ3v) is 9.05. The lowest BCUT2D eigenvalue weighted by atomic mass is 9.74. The maximum Gasteiger partial charge on any atom is 0.211 e. The molecule has 142 valence electrons. The van der Waals surface area contributed by atoms with Crippen LogP contribution in [0.5, 0.6) is 0 Å². The molecule has 5 rings (SSSR count). The summed E-state index contributed by atoms with van der Waals surface area (Å²) in [4.78, 5) is 2.60. The van der Waals surface area contributed by atoms with Crippen LogP contribution in [0.15, 0.2) is 0 Å². The van der Waals surface area contributed by atoms with E-state index in [9.17, 15) is 8.42 Å². The van der Waals surface area contributed by atoms with Crippen LogP contribution in [0, 0.1) is 23.7 Å². The van der Waals surface area contributed by atoms with Crippen molar-refractivity contribution in [1.29, 1.82) is 0 Å². The van der Waals surface area contributed by atoms with Crippen molar-refractivity contribution >= 4 is 10.0 Å². The minimum Gasteiger partial charge on any atom is -0.370 e. The van der Waals surface area contributed by atoms with Crippen LogP contribution in [0.3, 0.4) is 0 Å². The van der Waals surface area contributed by atoms with Gasteiger partial charge in [0.2, 0.25) is 10.0 Å². The first-order valence-electron chi connectivity index (χ1n) is 10.4. The van der Waals surface area contributed by atoms with Crippen molar-refractivity contribution in [2.24, 2.45) is 23.7 Å². The van der Waals surface area contributed by atoms with E-state index in [1.807, 2.05) is 0 Å². The molecule has 1 spiro atoms. The summed E-state index contributed by atoms with van der Waals surface area (Å²) in [5.41, 5.74) is 0.0428. The number of fused-ring (bicyclic) bond motifs is 1. The Morgan fingerprint density at radius 3 is 2.64 bits per heavy atom. The zero-order valence-electron chi connectivity index (χ0n) is 15.2. The molecule has 5 fully saturated rings. The molecule has 1 N–H and O–H groups in total. The van der Waals surface area contributed by atoms with Crippen LogP contribution in [-0.4, -0.2) is 57.0 Å². The largest absolute Gasteiger partial charge is 0.370 e. The monoisotopic (exact) mass is 368 g/mol. The lowest BCUT2D eigenvalue weighted by Gasteiger charge is -2.29. The molecule has 0 unspecified atom stereocenters. The minimum atomic E-state index is -3.14. The average molecular weight is 369 g/mol. The second kappa shape index (κ2) is 6.18. The third-order valence-electron chi connectivity index (χ3n) is 7.54. The van der Waals surface area contributed by atoms with Crippen LogP contribution >= 0.6 is 0 Å². The molecule has 6 heteroatoms. The summed E-state index contributed by atoms with van der Waals surface area (Å²) in [6, 6.07) is 0. The Balaban J connectivity index is 1.20. The highest BCUT2D eigenvalue weighted by molar-refractivity contribution is 7.89. The molecule has 3 aliphatic heterocycles. The van der Waals surface area contributed by atoms with E-state index >= 15 is 0 Å². The first-order chi connectivity index (χ1) is 12.0. The Bertz CT molecular complexity index is 614. The minimum absolute atomic E-state index is 0.0428. The summed E-state index contributed by atoms with van der Waals surface area (Å²) in [5, 5.41) is 0. The summed E-state index contributed by atoms with van der Waals surface area (Å²) in [5.74, 6) is 2.52. The van der Waals surface area contributed by atoms with E-state index in [0.29, 0.717) is 30.1 Å². The Morgan fingerprint density at radius 2 is 1.88 bits per heavy atom. The lowest BCUT2D eigenvalue weighted by molar-refractivity contribution is 0.00252. The number of hydrogen-bond acceptors (Lipinski definition) is 4. The Kier molecular flexibility index (Phi) is 4.19. The second-order valence-corrected chi connectivity index (χ2v) is 11.3. The molecule has 0 aromatic rings. The molecule has 2 aliphatic carbocycles. The van der Waals surface area contributed by atoms with Crippen LogP contribution in [0.1, 0.15) is 51.4 Å². The number of hydrogen-bond donors (Lipinski definition) is 1. The average Bonchev–Trinajstić information content (AvgIpc) is 2.93. The Labute approximate surface area is 151 Å². The third kappa shape index (κ3) is 3.28. The van der Waals surface area contributed by atoms with E-state index < -0.39 is 10.0 Å². The molecule has 3 saturated heterocycles. The number of rotatable bonds is 7. The topological polar surface area (TPSA) is 58.6 Å². The number of nitrogens with zero attached hydrogens (tertiary/aromatic N) is 1. The molecule has 0 radical (unpaired) electrons. The Morgan fingerprint density at radius 1 is 1.08 bits per heavy atom. The molecule has 5 nitrogen and oxygen atoms in total. The summed E-state index contributed by atoms with van der Waals surface area (Å²) in [6.45, 7) is 4.01. The van der Waals surface area contributed by atoms with Gasteiger partial charge in [0, 0.05) is 38.0 Å². The molecule has 0 aromatic carbocycles. The molecule has 2 saturated carbocycles. The fraction of sp³-hybridized carbons (Fsp3) is 1.00. The lowest BCUT2D eigenvalue weighted by Crippen LogP contribution is -2.42. The van der Waals surface area contributed by atoms with Crippen molar-refractivity contribution in [1.82, 2.24) is 9.62 Å².